The highest BCUT2D eigenvalue weighted by atomic mass is 79.9. The molecule has 0 spiro atoms. The van der Waals surface area contributed by atoms with Gasteiger partial charge in [0.1, 0.15) is 6.61 Å². The number of amides is 2. The smallest absolute Gasteiger partial charge is 0.282 e. The third-order valence-corrected chi connectivity index (χ3v) is 5.34. The number of carbonyl (C=O) groups excluding carboxylic acids is 2. The predicted octanol–water partition coefficient (Wildman–Crippen LogP) is 5.20. The maximum atomic E-state index is 13.0. The third-order valence-electron chi connectivity index (χ3n) is 4.75. The average molecular weight is 479 g/mol. The molecule has 0 saturated carbocycles. The SMILES string of the molecule is C=CCOc1c(Br)cc(C=NN2C(=O)c3cccc4cccc(c34)C2=O)cc1OCC. The lowest BCUT2D eigenvalue weighted by atomic mass is 9.95. The molecular weight excluding hydrogens is 460 g/mol. The van der Waals surface area contributed by atoms with Crippen molar-refractivity contribution in [3.8, 4) is 11.5 Å². The first kappa shape index (κ1) is 20.8. The second-order valence-corrected chi connectivity index (χ2v) is 7.59. The topological polar surface area (TPSA) is 68.2 Å². The van der Waals surface area contributed by atoms with E-state index in [2.05, 4.69) is 27.6 Å². The zero-order chi connectivity index (χ0) is 22.0. The summed E-state index contributed by atoms with van der Waals surface area (Å²) in [5, 5.41) is 6.62. The van der Waals surface area contributed by atoms with Crippen LogP contribution in [0.15, 0.2) is 70.8 Å². The van der Waals surface area contributed by atoms with Gasteiger partial charge < -0.3 is 9.47 Å². The van der Waals surface area contributed by atoms with Crippen LogP contribution in [0, 0.1) is 0 Å². The standard InChI is InChI=1S/C24H19BrN2O4/c1-3-11-31-22-19(25)12-15(13-20(22)30-4-2)14-26-27-23(28)17-9-5-7-16-8-6-10-18(21(16)17)24(27)29/h3,5-10,12-14H,1,4,11H2,2H3. The molecule has 1 heterocycles. The summed E-state index contributed by atoms with van der Waals surface area (Å²) in [5.74, 6) is 0.150. The highest BCUT2D eigenvalue weighted by molar-refractivity contribution is 9.10. The second-order valence-electron chi connectivity index (χ2n) is 6.74. The van der Waals surface area contributed by atoms with Crippen molar-refractivity contribution in [2.75, 3.05) is 13.2 Å². The zero-order valence-corrected chi connectivity index (χ0v) is 18.4. The number of imide groups is 1. The van der Waals surface area contributed by atoms with Crippen LogP contribution in [-0.2, 0) is 0 Å². The number of ether oxygens (including phenoxy) is 2. The molecule has 0 atom stereocenters. The molecule has 0 radical (unpaired) electrons. The van der Waals surface area contributed by atoms with E-state index >= 15 is 0 Å². The van der Waals surface area contributed by atoms with Gasteiger partial charge in [0, 0.05) is 5.39 Å². The van der Waals surface area contributed by atoms with Crippen molar-refractivity contribution in [2.45, 2.75) is 6.92 Å². The number of benzene rings is 3. The molecule has 31 heavy (non-hydrogen) atoms. The van der Waals surface area contributed by atoms with E-state index < -0.39 is 11.8 Å². The summed E-state index contributed by atoms with van der Waals surface area (Å²) in [4.78, 5) is 25.9. The minimum atomic E-state index is -0.458. The highest BCUT2D eigenvalue weighted by Gasteiger charge is 2.32. The summed E-state index contributed by atoms with van der Waals surface area (Å²) in [6.07, 6.45) is 3.10. The Kier molecular flexibility index (Phi) is 5.86. The second kappa shape index (κ2) is 8.73. The van der Waals surface area contributed by atoms with Crippen LogP contribution in [-0.4, -0.2) is 36.3 Å². The summed E-state index contributed by atoms with van der Waals surface area (Å²) >= 11 is 3.48. The lowest BCUT2D eigenvalue weighted by Gasteiger charge is -2.23. The van der Waals surface area contributed by atoms with Crippen LogP contribution in [0.25, 0.3) is 10.8 Å². The van der Waals surface area contributed by atoms with Gasteiger partial charge in [-0.3, -0.25) is 9.59 Å². The monoisotopic (exact) mass is 478 g/mol. The number of halogens is 1. The Morgan fingerprint density at radius 1 is 1.06 bits per heavy atom. The minimum absolute atomic E-state index is 0.327. The molecule has 7 heteroatoms. The molecule has 0 fully saturated rings. The molecule has 1 aliphatic rings. The number of nitrogens with zero attached hydrogens (tertiary/aromatic N) is 2. The van der Waals surface area contributed by atoms with Gasteiger partial charge in [-0.05, 0) is 58.1 Å². The molecule has 1 aliphatic heterocycles. The third kappa shape index (κ3) is 3.84. The number of hydrogen-bond donors (Lipinski definition) is 0. The van der Waals surface area contributed by atoms with Gasteiger partial charge in [0.25, 0.3) is 11.8 Å². The molecule has 2 amide bonds. The zero-order valence-electron chi connectivity index (χ0n) is 16.8. The van der Waals surface area contributed by atoms with E-state index in [-0.39, 0.29) is 0 Å². The van der Waals surface area contributed by atoms with Gasteiger partial charge >= 0.3 is 0 Å². The summed E-state index contributed by atoms with van der Waals surface area (Å²) in [7, 11) is 0. The van der Waals surface area contributed by atoms with Gasteiger partial charge in [0.15, 0.2) is 11.5 Å². The predicted molar refractivity (Wildman–Crippen MR) is 123 cm³/mol. The van der Waals surface area contributed by atoms with Gasteiger partial charge in [-0.2, -0.15) is 10.1 Å². The first-order valence-electron chi connectivity index (χ1n) is 9.69. The molecule has 6 nitrogen and oxygen atoms in total. The Balaban J connectivity index is 1.69. The normalized spacial score (nSPS) is 13.2. The molecule has 3 aromatic carbocycles. The molecule has 0 aromatic heterocycles. The summed E-state index contributed by atoms with van der Waals surface area (Å²) in [5.41, 5.74) is 1.54. The Labute approximate surface area is 187 Å². The number of rotatable bonds is 7. The molecule has 0 bridgehead atoms. The van der Waals surface area contributed by atoms with E-state index in [0.29, 0.717) is 51.3 Å². The van der Waals surface area contributed by atoms with Crippen LogP contribution in [0.4, 0.5) is 0 Å². The van der Waals surface area contributed by atoms with Crippen molar-refractivity contribution in [2.24, 2.45) is 5.10 Å². The van der Waals surface area contributed by atoms with Crippen LogP contribution in [0.3, 0.4) is 0 Å². The van der Waals surface area contributed by atoms with E-state index in [4.69, 9.17) is 9.47 Å². The summed E-state index contributed by atoms with van der Waals surface area (Å²) in [6.45, 7) is 6.30. The Morgan fingerprint density at radius 3 is 2.35 bits per heavy atom. The van der Waals surface area contributed by atoms with Crippen molar-refractivity contribution in [3.63, 3.8) is 0 Å². The molecule has 0 unspecified atom stereocenters. The van der Waals surface area contributed by atoms with Crippen LogP contribution in [0.5, 0.6) is 11.5 Å². The van der Waals surface area contributed by atoms with E-state index in [0.717, 1.165) is 10.4 Å². The van der Waals surface area contributed by atoms with Crippen molar-refractivity contribution >= 4 is 44.7 Å². The summed E-state index contributed by atoms with van der Waals surface area (Å²) in [6, 6.07) is 14.3. The minimum Gasteiger partial charge on any atom is -0.490 e. The van der Waals surface area contributed by atoms with E-state index in [1.165, 1.54) is 6.21 Å². The van der Waals surface area contributed by atoms with Gasteiger partial charge in [-0.25, -0.2) is 0 Å². The fourth-order valence-corrected chi connectivity index (χ4v) is 4.03. The Morgan fingerprint density at radius 2 is 1.74 bits per heavy atom. The van der Waals surface area contributed by atoms with Crippen molar-refractivity contribution < 1.29 is 19.1 Å². The van der Waals surface area contributed by atoms with E-state index in [1.54, 1.807) is 42.5 Å². The van der Waals surface area contributed by atoms with Crippen molar-refractivity contribution in [3.05, 3.63) is 82.3 Å². The summed E-state index contributed by atoms with van der Waals surface area (Å²) < 4.78 is 12.0. The van der Waals surface area contributed by atoms with Crippen LogP contribution < -0.4 is 9.47 Å². The molecule has 0 aliphatic carbocycles. The molecule has 156 valence electrons. The lowest BCUT2D eigenvalue weighted by Crippen LogP contribution is -2.36. The largest absolute Gasteiger partial charge is 0.490 e. The van der Waals surface area contributed by atoms with Crippen molar-refractivity contribution in [1.29, 1.82) is 0 Å². The quantitative estimate of drug-likeness (QED) is 0.266. The van der Waals surface area contributed by atoms with Gasteiger partial charge in [-0.15, -0.1) is 0 Å². The number of hydrazone groups is 1. The van der Waals surface area contributed by atoms with Gasteiger partial charge in [-0.1, -0.05) is 36.9 Å². The van der Waals surface area contributed by atoms with Crippen LogP contribution >= 0.6 is 15.9 Å². The molecule has 0 N–H and O–H groups in total. The Bertz CT molecular complexity index is 1180. The molecule has 3 aromatic rings. The maximum Gasteiger partial charge on any atom is 0.282 e. The van der Waals surface area contributed by atoms with Crippen molar-refractivity contribution in [1.82, 2.24) is 5.01 Å². The van der Waals surface area contributed by atoms with Crippen LogP contribution in [0.2, 0.25) is 0 Å². The first-order chi connectivity index (χ1) is 15.0. The molecular formula is C24H19BrN2O4. The van der Waals surface area contributed by atoms with E-state index in [1.807, 2.05) is 19.1 Å². The molecule has 0 saturated heterocycles. The van der Waals surface area contributed by atoms with Gasteiger partial charge in [0.05, 0.1) is 28.4 Å². The van der Waals surface area contributed by atoms with E-state index in [9.17, 15) is 9.59 Å². The van der Waals surface area contributed by atoms with Gasteiger partial charge in [0.2, 0.25) is 0 Å². The highest BCUT2D eigenvalue weighted by Crippen LogP contribution is 2.37. The maximum absolute atomic E-state index is 13.0. The fraction of sp³-hybridized carbons (Fsp3) is 0.125. The molecule has 4 rings (SSSR count). The number of hydrogen-bond acceptors (Lipinski definition) is 5. The fourth-order valence-electron chi connectivity index (χ4n) is 3.45. The first-order valence-corrected chi connectivity index (χ1v) is 10.5. The number of carbonyl (C=O) groups is 2. The lowest BCUT2D eigenvalue weighted by molar-refractivity contribution is 0.0616. The Hall–Kier alpha value is -3.45. The average Bonchev–Trinajstić information content (AvgIpc) is 2.77. The van der Waals surface area contributed by atoms with Crippen LogP contribution in [0.1, 0.15) is 33.2 Å².